The van der Waals surface area contributed by atoms with E-state index in [1.165, 1.54) is 36.3 Å². The molecule has 1 aliphatic heterocycles. The first-order valence-corrected chi connectivity index (χ1v) is 9.33. The van der Waals surface area contributed by atoms with Crippen molar-refractivity contribution >= 4 is 23.4 Å². The molecule has 0 spiro atoms. The summed E-state index contributed by atoms with van der Waals surface area (Å²) in [4.78, 5) is 27.7. The molecule has 0 aromatic heterocycles. The van der Waals surface area contributed by atoms with Crippen LogP contribution in [0.2, 0.25) is 0 Å². The molecule has 0 unspecified atom stereocenters. The first-order valence-electron chi connectivity index (χ1n) is 9.33. The normalized spacial score (nSPS) is 15.2. The Labute approximate surface area is 156 Å². The number of ether oxygens (including phenoxy) is 1. The highest BCUT2D eigenvalue weighted by molar-refractivity contribution is 5.94. The molecule has 6 nitrogen and oxygen atoms in total. The van der Waals surface area contributed by atoms with Crippen LogP contribution < -0.4 is 10.2 Å². The van der Waals surface area contributed by atoms with Gasteiger partial charge in [0.25, 0.3) is 0 Å². The van der Waals surface area contributed by atoms with Crippen molar-refractivity contribution in [3.8, 4) is 0 Å². The van der Waals surface area contributed by atoms with E-state index in [1.54, 1.807) is 27.8 Å². The monoisotopic (exact) mass is 361 g/mol. The van der Waals surface area contributed by atoms with Crippen molar-refractivity contribution in [2.75, 3.05) is 36.9 Å². The van der Waals surface area contributed by atoms with Gasteiger partial charge in [-0.3, -0.25) is 4.79 Å². The van der Waals surface area contributed by atoms with Gasteiger partial charge in [-0.15, -0.1) is 0 Å². The minimum atomic E-state index is -0.578. The molecule has 6 heteroatoms. The zero-order valence-corrected chi connectivity index (χ0v) is 16.4. The van der Waals surface area contributed by atoms with Crippen LogP contribution in [0.4, 0.5) is 16.2 Å². The molecule has 0 aliphatic carbocycles. The fourth-order valence-electron chi connectivity index (χ4n) is 2.90. The molecule has 2 amide bonds. The third kappa shape index (κ3) is 6.58. The van der Waals surface area contributed by atoms with E-state index in [-0.39, 0.29) is 12.5 Å². The number of hydrogen-bond acceptors (Lipinski definition) is 4. The average molecular weight is 361 g/mol. The molecule has 1 fully saturated rings. The minimum absolute atomic E-state index is 0.0528. The van der Waals surface area contributed by atoms with Crippen LogP contribution in [0.25, 0.3) is 0 Å². The van der Waals surface area contributed by atoms with Crippen LogP contribution in [-0.4, -0.2) is 49.2 Å². The predicted octanol–water partition coefficient (Wildman–Crippen LogP) is 3.87. The third-order valence-electron chi connectivity index (χ3n) is 4.21. The van der Waals surface area contributed by atoms with Crippen molar-refractivity contribution in [3.63, 3.8) is 0 Å². The molecular formula is C20H31N3O3. The van der Waals surface area contributed by atoms with Crippen LogP contribution in [-0.2, 0) is 9.53 Å². The van der Waals surface area contributed by atoms with Gasteiger partial charge >= 0.3 is 6.09 Å². The Balaban J connectivity index is 1.86. The van der Waals surface area contributed by atoms with Crippen LogP contribution >= 0.6 is 0 Å². The number of nitrogens with zero attached hydrogens (tertiary/aromatic N) is 2. The molecule has 1 aromatic carbocycles. The number of likely N-dealkylation sites (N-methyl/N-ethyl adjacent to an activating group) is 1. The first kappa shape index (κ1) is 20.1. The van der Waals surface area contributed by atoms with Crippen LogP contribution in [0.15, 0.2) is 24.3 Å². The number of carbonyl (C=O) groups is 2. The summed E-state index contributed by atoms with van der Waals surface area (Å²) in [6.45, 7) is 7.52. The topological polar surface area (TPSA) is 61.9 Å². The van der Waals surface area contributed by atoms with Crippen molar-refractivity contribution in [3.05, 3.63) is 24.3 Å². The lowest BCUT2D eigenvalue weighted by atomic mass is 10.2. The fourth-order valence-corrected chi connectivity index (χ4v) is 2.90. The molecule has 1 saturated heterocycles. The molecule has 1 aliphatic rings. The van der Waals surface area contributed by atoms with Gasteiger partial charge in [0.05, 0.1) is 0 Å². The van der Waals surface area contributed by atoms with Crippen molar-refractivity contribution in [1.82, 2.24) is 4.90 Å². The van der Waals surface area contributed by atoms with Gasteiger partial charge in [0.15, 0.2) is 0 Å². The number of rotatable bonds is 4. The number of benzene rings is 1. The maximum Gasteiger partial charge on any atom is 0.410 e. The van der Waals surface area contributed by atoms with E-state index in [2.05, 4.69) is 10.2 Å². The van der Waals surface area contributed by atoms with Crippen molar-refractivity contribution in [1.29, 1.82) is 0 Å². The van der Waals surface area contributed by atoms with Gasteiger partial charge in [-0.05, 0) is 57.9 Å². The van der Waals surface area contributed by atoms with E-state index in [0.29, 0.717) is 0 Å². The zero-order chi connectivity index (χ0) is 19.2. The summed E-state index contributed by atoms with van der Waals surface area (Å²) in [5.74, 6) is -0.249. The Hall–Kier alpha value is -2.24. The van der Waals surface area contributed by atoms with Crippen molar-refractivity contribution in [2.45, 2.75) is 52.1 Å². The molecule has 1 heterocycles. The maximum atomic E-state index is 12.2. The standard InChI is InChI=1S/C20H31N3O3/c1-20(2,3)26-19(25)22(4)15-18(24)21-16-9-11-17(12-10-16)23-13-7-5-6-8-14-23/h9-12H,5-8,13-15H2,1-4H3,(H,21,24). The Morgan fingerprint density at radius 3 is 2.19 bits per heavy atom. The second-order valence-electron chi connectivity index (χ2n) is 7.83. The summed E-state index contributed by atoms with van der Waals surface area (Å²) >= 11 is 0. The first-order chi connectivity index (χ1) is 12.2. The number of anilines is 2. The molecule has 144 valence electrons. The summed E-state index contributed by atoms with van der Waals surface area (Å²) < 4.78 is 5.25. The number of hydrogen-bond donors (Lipinski definition) is 1. The minimum Gasteiger partial charge on any atom is -0.444 e. The molecular weight excluding hydrogens is 330 g/mol. The lowest BCUT2D eigenvalue weighted by molar-refractivity contribution is -0.117. The van der Waals surface area contributed by atoms with Crippen LogP contribution in [0.1, 0.15) is 46.5 Å². The number of carbonyl (C=O) groups excluding carboxylic acids is 2. The SMILES string of the molecule is CN(CC(=O)Nc1ccc(N2CCCCCC2)cc1)C(=O)OC(C)(C)C. The van der Waals surface area contributed by atoms with Gasteiger partial charge in [0.2, 0.25) is 5.91 Å². The van der Waals surface area contributed by atoms with Gasteiger partial charge in [-0.2, -0.15) is 0 Å². The van der Waals surface area contributed by atoms with Gasteiger partial charge in [0, 0.05) is 31.5 Å². The molecule has 26 heavy (non-hydrogen) atoms. The van der Waals surface area contributed by atoms with Gasteiger partial charge in [0.1, 0.15) is 12.1 Å². The second-order valence-corrected chi connectivity index (χ2v) is 7.83. The van der Waals surface area contributed by atoms with E-state index in [0.717, 1.165) is 18.8 Å². The lowest BCUT2D eigenvalue weighted by Crippen LogP contribution is -2.38. The lowest BCUT2D eigenvalue weighted by Gasteiger charge is -2.24. The smallest absolute Gasteiger partial charge is 0.410 e. The summed E-state index contributed by atoms with van der Waals surface area (Å²) in [5, 5.41) is 2.83. The molecule has 0 bridgehead atoms. The van der Waals surface area contributed by atoms with Crippen molar-refractivity contribution < 1.29 is 14.3 Å². The highest BCUT2D eigenvalue weighted by atomic mass is 16.6. The summed E-state index contributed by atoms with van der Waals surface area (Å²) in [7, 11) is 1.55. The van der Waals surface area contributed by atoms with E-state index in [4.69, 9.17) is 4.74 Å². The second kappa shape index (κ2) is 8.92. The quantitative estimate of drug-likeness (QED) is 0.884. The molecule has 0 atom stereocenters. The summed E-state index contributed by atoms with van der Waals surface area (Å²) in [5.41, 5.74) is 1.34. The highest BCUT2D eigenvalue weighted by Gasteiger charge is 2.21. The van der Waals surface area contributed by atoms with E-state index < -0.39 is 11.7 Å². The highest BCUT2D eigenvalue weighted by Crippen LogP contribution is 2.21. The van der Waals surface area contributed by atoms with E-state index >= 15 is 0 Å². The van der Waals surface area contributed by atoms with Crippen LogP contribution in [0.3, 0.4) is 0 Å². The Morgan fingerprint density at radius 2 is 1.65 bits per heavy atom. The summed E-state index contributed by atoms with van der Waals surface area (Å²) in [6.07, 6.45) is 4.56. The molecule has 1 N–H and O–H groups in total. The molecule has 2 rings (SSSR count). The van der Waals surface area contributed by atoms with Crippen LogP contribution in [0.5, 0.6) is 0 Å². The number of nitrogens with one attached hydrogen (secondary N) is 1. The average Bonchev–Trinajstić information content (AvgIpc) is 2.83. The molecule has 0 saturated carbocycles. The Bertz CT molecular complexity index is 600. The van der Waals surface area contributed by atoms with Gasteiger partial charge < -0.3 is 19.9 Å². The van der Waals surface area contributed by atoms with E-state index in [9.17, 15) is 9.59 Å². The largest absolute Gasteiger partial charge is 0.444 e. The molecule has 0 radical (unpaired) electrons. The number of amides is 2. The van der Waals surface area contributed by atoms with Crippen LogP contribution in [0, 0.1) is 0 Å². The zero-order valence-electron chi connectivity index (χ0n) is 16.4. The summed E-state index contributed by atoms with van der Waals surface area (Å²) in [6, 6.07) is 7.90. The third-order valence-corrected chi connectivity index (χ3v) is 4.21. The maximum absolute atomic E-state index is 12.2. The van der Waals surface area contributed by atoms with Gasteiger partial charge in [-0.1, -0.05) is 12.8 Å². The van der Waals surface area contributed by atoms with Crippen molar-refractivity contribution in [2.24, 2.45) is 0 Å². The Kier molecular flexibility index (Phi) is 6.89. The molecule has 1 aromatic rings. The van der Waals surface area contributed by atoms with Gasteiger partial charge in [-0.25, -0.2) is 4.79 Å². The predicted molar refractivity (Wildman–Crippen MR) is 105 cm³/mol. The fraction of sp³-hybridized carbons (Fsp3) is 0.600. The Morgan fingerprint density at radius 1 is 1.08 bits per heavy atom. The van der Waals surface area contributed by atoms with E-state index in [1.807, 2.05) is 24.3 Å².